The Morgan fingerprint density at radius 1 is 1.09 bits per heavy atom. The van der Waals surface area contributed by atoms with E-state index in [0.717, 1.165) is 11.3 Å². The molecule has 0 aliphatic carbocycles. The van der Waals surface area contributed by atoms with Crippen molar-refractivity contribution >= 4 is 11.7 Å². The minimum absolute atomic E-state index is 0.0237. The highest BCUT2D eigenvalue weighted by molar-refractivity contribution is 5.90. The second-order valence-corrected chi connectivity index (χ2v) is 5.01. The Balaban J connectivity index is 1.87. The summed E-state index contributed by atoms with van der Waals surface area (Å²) >= 11 is 0. The molecule has 2 aromatic carbocycles. The lowest BCUT2D eigenvalue weighted by Gasteiger charge is -2.09. The molecule has 0 bridgehead atoms. The Kier molecular flexibility index (Phi) is 5.30. The first kappa shape index (κ1) is 16.5. The van der Waals surface area contributed by atoms with Gasteiger partial charge >= 0.3 is 5.97 Å². The monoisotopic (exact) mass is 315 g/mol. The molecule has 0 atom stereocenters. The normalized spacial score (nSPS) is 10.2. The Morgan fingerprint density at radius 2 is 1.83 bits per heavy atom. The van der Waals surface area contributed by atoms with Crippen molar-refractivity contribution in [3.63, 3.8) is 0 Å². The van der Waals surface area contributed by atoms with Gasteiger partial charge in [-0.15, -0.1) is 0 Å². The molecule has 0 fully saturated rings. The molecule has 0 spiro atoms. The molecule has 23 heavy (non-hydrogen) atoms. The van der Waals surface area contributed by atoms with Crippen molar-refractivity contribution in [3.05, 3.63) is 69.3 Å². The van der Waals surface area contributed by atoms with E-state index in [-0.39, 0.29) is 24.5 Å². The number of carbonyl (C=O) groups excluding carboxylic acids is 1. The molecule has 0 unspecified atom stereocenters. The van der Waals surface area contributed by atoms with E-state index < -0.39 is 10.9 Å². The van der Waals surface area contributed by atoms with Crippen LogP contribution in [-0.4, -0.2) is 24.1 Å². The standard InChI is InChI=1S/C17H17NO5/c1-12-5-3-4-6-16(12)22-9-10-23-17(19)14-7-8-15(18(20)21)13(2)11-14/h3-8,11H,9-10H2,1-2H3. The van der Waals surface area contributed by atoms with Gasteiger partial charge in [-0.1, -0.05) is 18.2 Å². The van der Waals surface area contributed by atoms with Crippen molar-refractivity contribution in [3.8, 4) is 5.75 Å². The summed E-state index contributed by atoms with van der Waals surface area (Å²) in [6.07, 6.45) is 0. The molecule has 120 valence electrons. The minimum Gasteiger partial charge on any atom is -0.490 e. The molecule has 0 radical (unpaired) electrons. The van der Waals surface area contributed by atoms with E-state index in [4.69, 9.17) is 9.47 Å². The topological polar surface area (TPSA) is 78.7 Å². The minimum atomic E-state index is -0.531. The third-order valence-electron chi connectivity index (χ3n) is 3.30. The Bertz CT molecular complexity index is 727. The highest BCUT2D eigenvalue weighted by Gasteiger charge is 2.14. The number of hydrogen-bond donors (Lipinski definition) is 0. The zero-order valence-corrected chi connectivity index (χ0v) is 12.9. The van der Waals surface area contributed by atoms with Gasteiger partial charge in [0.05, 0.1) is 10.5 Å². The summed E-state index contributed by atoms with van der Waals surface area (Å²) in [6.45, 7) is 3.85. The second-order valence-electron chi connectivity index (χ2n) is 5.01. The smallest absolute Gasteiger partial charge is 0.338 e. The number of nitro groups is 1. The van der Waals surface area contributed by atoms with E-state index >= 15 is 0 Å². The molecular formula is C17H17NO5. The Labute approximate surface area is 133 Å². The molecule has 6 nitrogen and oxygen atoms in total. The molecule has 0 saturated heterocycles. The number of esters is 1. The van der Waals surface area contributed by atoms with Crippen molar-refractivity contribution in [2.24, 2.45) is 0 Å². The van der Waals surface area contributed by atoms with Crippen LogP contribution in [0.15, 0.2) is 42.5 Å². The maximum Gasteiger partial charge on any atom is 0.338 e. The Morgan fingerprint density at radius 3 is 2.48 bits per heavy atom. The molecule has 0 aromatic heterocycles. The number of nitro benzene ring substituents is 1. The van der Waals surface area contributed by atoms with E-state index in [9.17, 15) is 14.9 Å². The summed E-state index contributed by atoms with van der Waals surface area (Å²) in [6, 6.07) is 11.7. The van der Waals surface area contributed by atoms with Crippen LogP contribution >= 0.6 is 0 Å². The quantitative estimate of drug-likeness (QED) is 0.353. The van der Waals surface area contributed by atoms with Crippen LogP contribution in [0.3, 0.4) is 0 Å². The summed E-state index contributed by atoms with van der Waals surface area (Å²) in [5, 5.41) is 10.7. The van der Waals surface area contributed by atoms with Gasteiger partial charge in [-0.05, 0) is 37.6 Å². The third kappa shape index (κ3) is 4.29. The van der Waals surface area contributed by atoms with Crippen LogP contribution in [0, 0.1) is 24.0 Å². The fraction of sp³-hybridized carbons (Fsp3) is 0.235. The molecule has 0 aliphatic rings. The van der Waals surface area contributed by atoms with Crippen LogP contribution in [0.4, 0.5) is 5.69 Å². The largest absolute Gasteiger partial charge is 0.490 e. The molecule has 0 amide bonds. The molecule has 0 N–H and O–H groups in total. The molecule has 2 aromatic rings. The van der Waals surface area contributed by atoms with Gasteiger partial charge in [-0.3, -0.25) is 10.1 Å². The van der Waals surface area contributed by atoms with Crippen LogP contribution in [0.25, 0.3) is 0 Å². The summed E-state index contributed by atoms with van der Waals surface area (Å²) in [5.74, 6) is 0.214. The third-order valence-corrected chi connectivity index (χ3v) is 3.30. The summed E-state index contributed by atoms with van der Waals surface area (Å²) in [7, 11) is 0. The maximum atomic E-state index is 11.9. The first-order valence-corrected chi connectivity index (χ1v) is 7.09. The van der Waals surface area contributed by atoms with Crippen LogP contribution in [0.5, 0.6) is 5.75 Å². The lowest BCUT2D eigenvalue weighted by Crippen LogP contribution is -2.13. The van der Waals surface area contributed by atoms with E-state index in [0.29, 0.717) is 5.56 Å². The molecule has 0 heterocycles. The number of carbonyl (C=O) groups is 1. The zero-order chi connectivity index (χ0) is 16.8. The summed E-state index contributed by atoms with van der Waals surface area (Å²) in [5.41, 5.74) is 1.68. The van der Waals surface area contributed by atoms with Crippen LogP contribution in [0.2, 0.25) is 0 Å². The highest BCUT2D eigenvalue weighted by atomic mass is 16.6. The predicted octanol–water partition coefficient (Wildman–Crippen LogP) is 3.45. The van der Waals surface area contributed by atoms with Crippen LogP contribution < -0.4 is 4.74 Å². The fourth-order valence-electron chi connectivity index (χ4n) is 2.07. The van der Waals surface area contributed by atoms with E-state index in [1.807, 2.05) is 31.2 Å². The van der Waals surface area contributed by atoms with Crippen LogP contribution in [0.1, 0.15) is 21.5 Å². The van der Waals surface area contributed by atoms with E-state index in [1.54, 1.807) is 6.92 Å². The highest BCUT2D eigenvalue weighted by Crippen LogP contribution is 2.19. The predicted molar refractivity (Wildman–Crippen MR) is 84.8 cm³/mol. The fourth-order valence-corrected chi connectivity index (χ4v) is 2.07. The number of ether oxygens (including phenoxy) is 2. The number of benzene rings is 2. The number of rotatable bonds is 6. The van der Waals surface area contributed by atoms with Gasteiger partial charge in [0.2, 0.25) is 0 Å². The molecule has 0 aliphatic heterocycles. The van der Waals surface area contributed by atoms with Crippen molar-refractivity contribution in [2.45, 2.75) is 13.8 Å². The second kappa shape index (κ2) is 7.40. The number of aryl methyl sites for hydroxylation is 2. The van der Waals surface area contributed by atoms with Gasteiger partial charge in [-0.25, -0.2) is 4.79 Å². The van der Waals surface area contributed by atoms with Gasteiger partial charge in [0, 0.05) is 11.6 Å². The van der Waals surface area contributed by atoms with E-state index in [2.05, 4.69) is 0 Å². The first-order chi connectivity index (χ1) is 11.0. The average molecular weight is 315 g/mol. The number of nitrogens with zero attached hydrogens (tertiary/aromatic N) is 1. The van der Waals surface area contributed by atoms with Gasteiger partial charge < -0.3 is 9.47 Å². The van der Waals surface area contributed by atoms with Crippen molar-refractivity contribution < 1.29 is 19.2 Å². The van der Waals surface area contributed by atoms with Crippen molar-refractivity contribution in [1.29, 1.82) is 0 Å². The van der Waals surface area contributed by atoms with Gasteiger partial charge in [0.15, 0.2) is 0 Å². The number of para-hydroxylation sites is 1. The van der Waals surface area contributed by atoms with Crippen molar-refractivity contribution in [1.82, 2.24) is 0 Å². The maximum absolute atomic E-state index is 11.9. The molecule has 0 saturated carbocycles. The SMILES string of the molecule is Cc1ccccc1OCCOC(=O)c1ccc([N+](=O)[O-])c(C)c1. The summed E-state index contributed by atoms with van der Waals surface area (Å²) < 4.78 is 10.6. The van der Waals surface area contributed by atoms with Gasteiger partial charge in [0.1, 0.15) is 19.0 Å². The lowest BCUT2D eigenvalue weighted by atomic mass is 10.1. The molecule has 2 rings (SSSR count). The molecule has 6 heteroatoms. The van der Waals surface area contributed by atoms with Gasteiger partial charge in [0.25, 0.3) is 5.69 Å². The van der Waals surface area contributed by atoms with E-state index in [1.165, 1.54) is 18.2 Å². The first-order valence-electron chi connectivity index (χ1n) is 7.09. The van der Waals surface area contributed by atoms with Gasteiger partial charge in [-0.2, -0.15) is 0 Å². The van der Waals surface area contributed by atoms with Crippen molar-refractivity contribution in [2.75, 3.05) is 13.2 Å². The zero-order valence-electron chi connectivity index (χ0n) is 12.9. The Hall–Kier alpha value is -2.89. The number of hydrogen-bond acceptors (Lipinski definition) is 5. The van der Waals surface area contributed by atoms with Crippen LogP contribution in [-0.2, 0) is 4.74 Å². The lowest BCUT2D eigenvalue weighted by molar-refractivity contribution is -0.385. The molecular weight excluding hydrogens is 298 g/mol. The summed E-state index contributed by atoms with van der Waals surface area (Å²) in [4.78, 5) is 22.2. The average Bonchev–Trinajstić information content (AvgIpc) is 2.52.